The number of benzene rings is 2. The average molecular weight is 461 g/mol. The van der Waals surface area contributed by atoms with Crippen molar-refractivity contribution in [1.29, 1.82) is 0 Å². The molecule has 2 N–H and O–H groups in total. The summed E-state index contributed by atoms with van der Waals surface area (Å²) in [6.45, 7) is -0.532. The number of rotatable bonds is 4. The molecule has 7 nitrogen and oxygen atoms in total. The van der Waals surface area contributed by atoms with E-state index in [0.717, 1.165) is 22.7 Å². The molecule has 0 aromatic heterocycles. The Morgan fingerprint density at radius 1 is 1.16 bits per heavy atom. The minimum atomic E-state index is -4.61. The maximum atomic E-state index is 13.2. The number of aliphatic carboxylic acids is 1. The first-order valence-corrected chi connectivity index (χ1v) is 10.0. The molecule has 164 valence electrons. The van der Waals surface area contributed by atoms with Gasteiger partial charge in [-0.15, -0.1) is 0 Å². The zero-order chi connectivity index (χ0) is 23.0. The summed E-state index contributed by atoms with van der Waals surface area (Å²) in [6, 6.07) is 11.3. The number of carbonyl (C=O) groups excluding carboxylic acids is 2. The van der Waals surface area contributed by atoms with Gasteiger partial charge in [0.2, 0.25) is 5.91 Å². The van der Waals surface area contributed by atoms with Crippen molar-refractivity contribution in [3.63, 3.8) is 0 Å². The van der Waals surface area contributed by atoms with Gasteiger partial charge in [-0.05, 0) is 41.6 Å². The minimum Gasteiger partial charge on any atom is -0.480 e. The predicted octanol–water partition coefficient (Wildman–Crippen LogP) is 3.65. The van der Waals surface area contributed by atoms with E-state index in [0.29, 0.717) is 11.3 Å². The van der Waals surface area contributed by atoms with Crippen LogP contribution in [0.2, 0.25) is 0 Å². The van der Waals surface area contributed by atoms with Crippen molar-refractivity contribution < 1.29 is 32.7 Å². The number of hydrogen-bond acceptors (Lipinski definition) is 5. The number of amides is 2. The van der Waals surface area contributed by atoms with Crippen LogP contribution in [0.5, 0.6) is 0 Å². The number of fused-ring (bicyclic) bond motifs is 1. The summed E-state index contributed by atoms with van der Waals surface area (Å²) >= 11 is 0.808. The van der Waals surface area contributed by atoms with Crippen molar-refractivity contribution in [2.75, 3.05) is 11.4 Å². The molecule has 0 radical (unpaired) electrons. The van der Waals surface area contributed by atoms with E-state index in [1.165, 1.54) is 24.3 Å². The molecule has 2 aliphatic heterocycles. The third-order valence-corrected chi connectivity index (χ3v) is 5.72. The fourth-order valence-corrected chi connectivity index (χ4v) is 4.29. The number of alkyl halides is 3. The summed E-state index contributed by atoms with van der Waals surface area (Å²) in [4.78, 5) is 41.5. The van der Waals surface area contributed by atoms with Gasteiger partial charge in [0.1, 0.15) is 6.54 Å². The summed E-state index contributed by atoms with van der Waals surface area (Å²) in [5.41, 5.74) is -0.325. The van der Waals surface area contributed by atoms with E-state index >= 15 is 0 Å². The summed E-state index contributed by atoms with van der Waals surface area (Å²) in [6.07, 6.45) is -3.23. The first-order valence-electron chi connectivity index (χ1n) is 9.23. The van der Waals surface area contributed by atoms with Crippen LogP contribution in [0.1, 0.15) is 17.0 Å². The molecule has 2 heterocycles. The lowest BCUT2D eigenvalue weighted by molar-refractivity contribution is -0.137. The number of hydrogen-bond donors (Lipinski definition) is 2. The highest BCUT2D eigenvalue weighted by Gasteiger charge is 2.39. The van der Waals surface area contributed by atoms with Gasteiger partial charge in [0.25, 0.3) is 5.91 Å². The number of amidine groups is 1. The van der Waals surface area contributed by atoms with Crippen molar-refractivity contribution in [2.24, 2.45) is 4.99 Å². The fourth-order valence-electron chi connectivity index (χ4n) is 3.44. The van der Waals surface area contributed by atoms with Gasteiger partial charge >= 0.3 is 12.1 Å². The molecule has 32 heavy (non-hydrogen) atoms. The van der Waals surface area contributed by atoms with E-state index in [1.807, 2.05) is 0 Å². The number of carboxylic acids is 1. The van der Waals surface area contributed by atoms with Crippen molar-refractivity contribution in [3.8, 4) is 0 Å². The van der Waals surface area contributed by atoms with Crippen molar-refractivity contribution >= 4 is 46.1 Å². The van der Waals surface area contributed by atoms with Crippen molar-refractivity contribution in [2.45, 2.75) is 12.1 Å². The highest BCUT2D eigenvalue weighted by Crippen LogP contribution is 2.41. The van der Waals surface area contributed by atoms with Gasteiger partial charge in [0.15, 0.2) is 5.17 Å². The number of aliphatic imine (C=N–C) groups is 1. The Bertz CT molecular complexity index is 1190. The van der Waals surface area contributed by atoms with Gasteiger partial charge in [-0.25, -0.2) is 4.99 Å². The van der Waals surface area contributed by atoms with Crippen molar-refractivity contribution in [1.82, 2.24) is 5.32 Å². The van der Waals surface area contributed by atoms with Crippen LogP contribution in [-0.4, -0.2) is 34.6 Å². The maximum Gasteiger partial charge on any atom is 0.418 e. The molecule has 2 aromatic rings. The quantitative estimate of drug-likeness (QED) is 0.678. The van der Waals surface area contributed by atoms with Crippen LogP contribution in [0.4, 0.5) is 24.5 Å². The summed E-state index contributed by atoms with van der Waals surface area (Å²) in [5.74, 6) is -3.21. The zero-order valence-electron chi connectivity index (χ0n) is 16.1. The number of para-hydroxylation sites is 2. The zero-order valence-corrected chi connectivity index (χ0v) is 16.9. The number of nitrogens with zero attached hydrogens (tertiary/aromatic N) is 2. The highest BCUT2D eigenvalue weighted by molar-refractivity contribution is 8.18. The van der Waals surface area contributed by atoms with Crippen molar-refractivity contribution in [3.05, 3.63) is 70.6 Å². The van der Waals surface area contributed by atoms with E-state index in [4.69, 9.17) is 5.11 Å². The Balaban J connectivity index is 1.65. The van der Waals surface area contributed by atoms with Crippen LogP contribution in [0.15, 0.2) is 64.5 Å². The SMILES string of the molecule is O=C(O)CN1C(=O)C(C=C2SC(=Nc3ccccc3C(F)(F)F)NC2=O)c2ccccc21. The first-order chi connectivity index (χ1) is 15.1. The largest absolute Gasteiger partial charge is 0.480 e. The lowest BCUT2D eigenvalue weighted by atomic mass is 10.0. The van der Waals surface area contributed by atoms with E-state index in [-0.39, 0.29) is 15.8 Å². The molecule has 1 unspecified atom stereocenters. The summed E-state index contributed by atoms with van der Waals surface area (Å²) < 4.78 is 39.6. The average Bonchev–Trinajstić information content (AvgIpc) is 3.19. The van der Waals surface area contributed by atoms with Gasteiger partial charge < -0.3 is 15.3 Å². The summed E-state index contributed by atoms with van der Waals surface area (Å²) in [7, 11) is 0. The Morgan fingerprint density at radius 3 is 2.56 bits per heavy atom. The van der Waals surface area contributed by atoms with Gasteiger partial charge in [0, 0.05) is 5.69 Å². The highest BCUT2D eigenvalue weighted by atomic mass is 32.2. The lowest BCUT2D eigenvalue weighted by Crippen LogP contribution is -2.33. The molecule has 0 bridgehead atoms. The molecule has 1 atom stereocenters. The molecule has 2 aromatic carbocycles. The standard InChI is InChI=1S/C21H14F3N3O4S/c22-21(23,24)13-6-2-3-7-14(13)25-20-26-18(30)16(32-20)9-12-11-5-1-4-8-15(11)27(19(12)31)10-17(28)29/h1-9,12H,10H2,(H,28,29)(H,25,26,30). The molecule has 1 fully saturated rings. The topological polar surface area (TPSA) is 99.1 Å². The fraction of sp³-hybridized carbons (Fsp3) is 0.143. The third kappa shape index (κ3) is 4.11. The van der Waals surface area contributed by atoms with E-state index < -0.39 is 42.0 Å². The molecule has 0 saturated carbocycles. The van der Waals surface area contributed by atoms with Gasteiger partial charge in [0.05, 0.1) is 22.1 Å². The lowest BCUT2D eigenvalue weighted by Gasteiger charge is -2.14. The summed E-state index contributed by atoms with van der Waals surface area (Å²) in [5, 5.41) is 11.5. The van der Waals surface area contributed by atoms with Crippen LogP contribution >= 0.6 is 11.8 Å². The molecule has 2 amide bonds. The van der Waals surface area contributed by atoms with E-state index in [9.17, 15) is 27.6 Å². The van der Waals surface area contributed by atoms with E-state index in [1.54, 1.807) is 24.3 Å². The van der Waals surface area contributed by atoms with Crippen LogP contribution in [0, 0.1) is 0 Å². The molecule has 11 heteroatoms. The normalized spacial score (nSPS) is 20.7. The third-order valence-electron chi connectivity index (χ3n) is 4.79. The molecule has 0 aliphatic carbocycles. The van der Waals surface area contributed by atoms with Gasteiger partial charge in [-0.3, -0.25) is 14.4 Å². The first kappa shape index (κ1) is 21.6. The Hall–Kier alpha value is -3.60. The predicted molar refractivity (Wildman–Crippen MR) is 112 cm³/mol. The van der Waals surface area contributed by atoms with Gasteiger partial charge in [-0.2, -0.15) is 13.2 Å². The van der Waals surface area contributed by atoms with Gasteiger partial charge in [-0.1, -0.05) is 30.3 Å². The number of carbonyl (C=O) groups is 3. The van der Waals surface area contributed by atoms with Crippen LogP contribution in [0.25, 0.3) is 0 Å². The molecule has 1 saturated heterocycles. The maximum absolute atomic E-state index is 13.2. The van der Waals surface area contributed by atoms with Crippen LogP contribution in [-0.2, 0) is 20.6 Å². The number of thioether (sulfide) groups is 1. The molecule has 0 spiro atoms. The second-order valence-electron chi connectivity index (χ2n) is 6.87. The number of nitrogens with one attached hydrogen (secondary N) is 1. The molecule has 4 rings (SSSR count). The smallest absolute Gasteiger partial charge is 0.418 e. The molecular weight excluding hydrogens is 447 g/mol. The molecule has 2 aliphatic rings. The van der Waals surface area contributed by atoms with E-state index in [2.05, 4.69) is 10.3 Å². The Kier molecular flexibility index (Phi) is 5.51. The Morgan fingerprint density at radius 2 is 1.84 bits per heavy atom. The van der Waals surface area contributed by atoms with Crippen LogP contribution in [0.3, 0.4) is 0 Å². The number of carboxylic acid groups (broad SMARTS) is 1. The molecular formula is C21H14F3N3O4S. The second-order valence-corrected chi connectivity index (χ2v) is 7.90. The minimum absolute atomic E-state index is 0.0564. The Labute approximate surface area is 183 Å². The second kappa shape index (κ2) is 8.15. The number of halogens is 3. The monoisotopic (exact) mass is 461 g/mol. The van der Waals surface area contributed by atoms with Crippen LogP contribution < -0.4 is 10.2 Å². The number of anilines is 1.